The third-order valence-corrected chi connectivity index (χ3v) is 2.22. The number of allylic oxidation sites excluding steroid dienone is 1. The molecule has 1 aromatic rings. The third-order valence-electron chi connectivity index (χ3n) is 2.22. The zero-order valence-electron chi connectivity index (χ0n) is 9.22. The van der Waals surface area contributed by atoms with Gasteiger partial charge < -0.3 is 0 Å². The first kappa shape index (κ1) is 12.8. The van der Waals surface area contributed by atoms with Crippen LogP contribution in [0.3, 0.4) is 0 Å². The summed E-state index contributed by atoms with van der Waals surface area (Å²) in [7, 11) is 0. The van der Waals surface area contributed by atoms with E-state index in [0.717, 1.165) is 24.0 Å². The fraction of sp³-hybridized carbons (Fsp3) is 0.385. The lowest BCUT2D eigenvalue weighted by atomic mass is 10.0. The average Bonchev–Trinajstić information content (AvgIpc) is 2.19. The zero-order valence-corrected chi connectivity index (χ0v) is 9.22. The molecule has 0 saturated heterocycles. The Labute approximate surface area is 93.8 Å². The van der Waals surface area contributed by atoms with Crippen molar-refractivity contribution in [1.82, 2.24) is 0 Å². The van der Waals surface area contributed by atoms with Crippen LogP contribution >= 0.6 is 0 Å². The Hall–Kier alpha value is -1.25. The van der Waals surface area contributed by atoms with E-state index in [2.05, 4.69) is 6.92 Å². The second-order valence-corrected chi connectivity index (χ2v) is 3.67. The first-order chi connectivity index (χ1) is 7.53. The Bertz CT molecular complexity index is 350. The van der Waals surface area contributed by atoms with Crippen LogP contribution in [0.5, 0.6) is 0 Å². The first-order valence-corrected chi connectivity index (χ1v) is 5.34. The number of hydrogen-bond donors (Lipinski definition) is 0. The summed E-state index contributed by atoms with van der Waals surface area (Å²) < 4.78 is 35.9. The third kappa shape index (κ3) is 4.51. The van der Waals surface area contributed by atoms with E-state index in [1.54, 1.807) is 6.08 Å². The maximum absolute atomic E-state index is 12.0. The fourth-order valence-corrected chi connectivity index (χ4v) is 1.51. The van der Waals surface area contributed by atoms with Crippen LogP contribution in [0, 0.1) is 0 Å². The zero-order chi connectivity index (χ0) is 12.0. The van der Waals surface area contributed by atoms with Crippen molar-refractivity contribution in [3.8, 4) is 0 Å². The molecular formula is C13H15F3. The summed E-state index contributed by atoms with van der Waals surface area (Å²) in [6.45, 7) is 2.05. The Morgan fingerprint density at radius 1 is 1.19 bits per heavy atom. The van der Waals surface area contributed by atoms with Gasteiger partial charge in [-0.05, 0) is 17.5 Å². The standard InChI is InChI=1S/C13H15F3/c1-2-6-11-7-3-4-8-12(11)9-5-10-13(14,15)16/h3-5,7-9H,2,6,10H2,1H3. The van der Waals surface area contributed by atoms with E-state index < -0.39 is 12.6 Å². The van der Waals surface area contributed by atoms with Gasteiger partial charge in [0.05, 0.1) is 6.42 Å². The summed E-state index contributed by atoms with van der Waals surface area (Å²) in [5.74, 6) is 0. The summed E-state index contributed by atoms with van der Waals surface area (Å²) in [5.41, 5.74) is 1.98. The van der Waals surface area contributed by atoms with Gasteiger partial charge in [0.2, 0.25) is 0 Å². The molecule has 0 aliphatic carbocycles. The predicted octanol–water partition coefficient (Wildman–Crippen LogP) is 4.60. The lowest BCUT2D eigenvalue weighted by molar-refractivity contribution is -0.124. The van der Waals surface area contributed by atoms with Gasteiger partial charge in [0.25, 0.3) is 0 Å². The van der Waals surface area contributed by atoms with E-state index in [9.17, 15) is 13.2 Å². The summed E-state index contributed by atoms with van der Waals surface area (Å²) in [6.07, 6.45) is -0.368. The van der Waals surface area contributed by atoms with Gasteiger partial charge in [-0.2, -0.15) is 13.2 Å². The van der Waals surface area contributed by atoms with Crippen molar-refractivity contribution < 1.29 is 13.2 Å². The van der Waals surface area contributed by atoms with E-state index in [1.807, 2.05) is 24.3 Å². The minimum atomic E-state index is -4.11. The van der Waals surface area contributed by atoms with Crippen LogP contribution in [0.1, 0.15) is 30.9 Å². The molecule has 0 bridgehead atoms. The topological polar surface area (TPSA) is 0 Å². The van der Waals surface area contributed by atoms with Crippen LogP contribution in [0.4, 0.5) is 13.2 Å². The van der Waals surface area contributed by atoms with Gasteiger partial charge in [0.15, 0.2) is 0 Å². The minimum Gasteiger partial charge on any atom is -0.171 e. The molecule has 0 saturated carbocycles. The molecule has 0 unspecified atom stereocenters. The molecule has 3 heteroatoms. The molecule has 0 aliphatic heterocycles. The van der Waals surface area contributed by atoms with E-state index in [0.29, 0.717) is 0 Å². The normalized spacial score (nSPS) is 12.2. The molecule has 0 atom stereocenters. The smallest absolute Gasteiger partial charge is 0.171 e. The summed E-state index contributed by atoms with van der Waals surface area (Å²) >= 11 is 0. The highest BCUT2D eigenvalue weighted by atomic mass is 19.4. The number of alkyl halides is 3. The van der Waals surface area contributed by atoms with Crippen molar-refractivity contribution in [2.45, 2.75) is 32.4 Å². The van der Waals surface area contributed by atoms with E-state index >= 15 is 0 Å². The maximum atomic E-state index is 12.0. The van der Waals surface area contributed by atoms with E-state index in [-0.39, 0.29) is 0 Å². The van der Waals surface area contributed by atoms with Crippen LogP contribution in [-0.4, -0.2) is 6.18 Å². The highest BCUT2D eigenvalue weighted by Crippen LogP contribution is 2.21. The molecule has 0 heterocycles. The summed E-state index contributed by atoms with van der Waals surface area (Å²) in [5, 5.41) is 0. The van der Waals surface area contributed by atoms with Crippen molar-refractivity contribution in [3.05, 3.63) is 41.5 Å². The maximum Gasteiger partial charge on any atom is 0.392 e. The molecule has 0 spiro atoms. The molecule has 88 valence electrons. The van der Waals surface area contributed by atoms with Gasteiger partial charge in [0.1, 0.15) is 0 Å². The second kappa shape index (κ2) is 5.73. The summed E-state index contributed by atoms with van der Waals surface area (Å²) in [4.78, 5) is 0. The van der Waals surface area contributed by atoms with Crippen LogP contribution in [-0.2, 0) is 6.42 Å². The quantitative estimate of drug-likeness (QED) is 0.706. The Kier molecular flexibility index (Phi) is 4.59. The number of rotatable bonds is 4. The second-order valence-electron chi connectivity index (χ2n) is 3.67. The molecule has 1 rings (SSSR count). The van der Waals surface area contributed by atoms with Crippen molar-refractivity contribution >= 4 is 6.08 Å². The molecule has 0 amide bonds. The van der Waals surface area contributed by atoms with Gasteiger partial charge in [-0.15, -0.1) is 0 Å². The summed E-state index contributed by atoms with van der Waals surface area (Å²) in [6, 6.07) is 7.55. The molecule has 16 heavy (non-hydrogen) atoms. The van der Waals surface area contributed by atoms with Crippen LogP contribution < -0.4 is 0 Å². The molecule has 1 aromatic carbocycles. The average molecular weight is 228 g/mol. The number of halogens is 3. The lowest BCUT2D eigenvalue weighted by Crippen LogP contribution is -2.04. The lowest BCUT2D eigenvalue weighted by Gasteiger charge is -2.04. The highest BCUT2D eigenvalue weighted by molar-refractivity contribution is 5.53. The van der Waals surface area contributed by atoms with Gasteiger partial charge in [-0.25, -0.2) is 0 Å². The largest absolute Gasteiger partial charge is 0.392 e. The van der Waals surface area contributed by atoms with Gasteiger partial charge in [-0.1, -0.05) is 49.8 Å². The highest BCUT2D eigenvalue weighted by Gasteiger charge is 2.24. The molecule has 0 nitrogen and oxygen atoms in total. The fourth-order valence-electron chi connectivity index (χ4n) is 1.51. The number of aryl methyl sites for hydroxylation is 1. The van der Waals surface area contributed by atoms with E-state index in [4.69, 9.17) is 0 Å². The molecule has 0 aromatic heterocycles. The van der Waals surface area contributed by atoms with Crippen LogP contribution in [0.2, 0.25) is 0 Å². The number of benzene rings is 1. The minimum absolute atomic E-state index is 0.868. The molecule has 0 aliphatic rings. The van der Waals surface area contributed by atoms with Gasteiger partial charge in [-0.3, -0.25) is 0 Å². The van der Waals surface area contributed by atoms with Crippen LogP contribution in [0.15, 0.2) is 30.3 Å². The monoisotopic (exact) mass is 228 g/mol. The van der Waals surface area contributed by atoms with Crippen molar-refractivity contribution in [2.75, 3.05) is 0 Å². The molecule has 0 fully saturated rings. The first-order valence-electron chi connectivity index (χ1n) is 5.34. The van der Waals surface area contributed by atoms with Crippen molar-refractivity contribution in [2.24, 2.45) is 0 Å². The number of hydrogen-bond acceptors (Lipinski definition) is 0. The predicted molar refractivity (Wildman–Crippen MR) is 60.1 cm³/mol. The van der Waals surface area contributed by atoms with Crippen molar-refractivity contribution in [3.63, 3.8) is 0 Å². The van der Waals surface area contributed by atoms with E-state index in [1.165, 1.54) is 6.08 Å². The Balaban J connectivity index is 2.72. The Morgan fingerprint density at radius 3 is 2.50 bits per heavy atom. The van der Waals surface area contributed by atoms with Crippen molar-refractivity contribution in [1.29, 1.82) is 0 Å². The SMILES string of the molecule is CCCc1ccccc1C=CCC(F)(F)F. The van der Waals surface area contributed by atoms with Crippen LogP contribution in [0.25, 0.3) is 6.08 Å². The molecule has 0 N–H and O–H groups in total. The molecular weight excluding hydrogens is 213 g/mol. The molecule has 0 radical (unpaired) electrons. The Morgan fingerprint density at radius 2 is 1.88 bits per heavy atom. The van der Waals surface area contributed by atoms with Gasteiger partial charge in [0, 0.05) is 0 Å². The van der Waals surface area contributed by atoms with Gasteiger partial charge >= 0.3 is 6.18 Å².